The van der Waals surface area contributed by atoms with E-state index in [0.29, 0.717) is 30.3 Å². The first-order valence-corrected chi connectivity index (χ1v) is 10.9. The van der Waals surface area contributed by atoms with E-state index in [1.807, 2.05) is 19.2 Å². The van der Waals surface area contributed by atoms with Gasteiger partial charge in [0.15, 0.2) is 0 Å². The van der Waals surface area contributed by atoms with Crippen LogP contribution in [0.5, 0.6) is 0 Å². The first-order chi connectivity index (χ1) is 13.3. The highest BCUT2D eigenvalue weighted by molar-refractivity contribution is 7.89. The number of nitrogens with zero attached hydrogens (tertiary/aromatic N) is 2. The fourth-order valence-electron chi connectivity index (χ4n) is 3.11. The van der Waals surface area contributed by atoms with E-state index in [4.69, 9.17) is 0 Å². The highest BCUT2D eigenvalue weighted by Gasteiger charge is 2.27. The third-order valence-corrected chi connectivity index (χ3v) is 6.96. The Morgan fingerprint density at radius 1 is 0.929 bits per heavy atom. The number of amides is 1. The van der Waals surface area contributed by atoms with Gasteiger partial charge in [0, 0.05) is 37.4 Å². The number of hydrogen-bond acceptors (Lipinski definition) is 4. The Kier molecular flexibility index (Phi) is 6.17. The molecule has 0 atom stereocenters. The second-order valence-electron chi connectivity index (χ2n) is 7.46. The summed E-state index contributed by atoms with van der Waals surface area (Å²) in [6, 6.07) is 13.9. The summed E-state index contributed by atoms with van der Waals surface area (Å²) in [6.45, 7) is 6.64. The molecule has 3 rings (SSSR count). The van der Waals surface area contributed by atoms with Crippen LogP contribution in [0.25, 0.3) is 0 Å². The zero-order valence-corrected chi connectivity index (χ0v) is 17.4. The lowest BCUT2D eigenvalue weighted by Gasteiger charge is -2.31. The van der Waals surface area contributed by atoms with Gasteiger partial charge in [0.25, 0.3) is 5.91 Å². The van der Waals surface area contributed by atoms with Gasteiger partial charge in [0.2, 0.25) is 10.0 Å². The molecule has 6 nitrogen and oxygen atoms in total. The van der Waals surface area contributed by atoms with Gasteiger partial charge in [-0.05, 0) is 54.9 Å². The van der Waals surface area contributed by atoms with Crippen molar-refractivity contribution in [1.29, 1.82) is 0 Å². The van der Waals surface area contributed by atoms with Gasteiger partial charge in [-0.3, -0.25) is 4.79 Å². The van der Waals surface area contributed by atoms with Crippen molar-refractivity contribution in [3.8, 4) is 0 Å². The number of anilines is 1. The quantitative estimate of drug-likeness (QED) is 0.836. The largest absolute Gasteiger partial charge is 0.322 e. The summed E-state index contributed by atoms with van der Waals surface area (Å²) in [5.74, 6) is 0.192. The Labute approximate surface area is 167 Å². The van der Waals surface area contributed by atoms with Gasteiger partial charge < -0.3 is 10.2 Å². The fraction of sp³-hybridized carbons (Fsp3) is 0.381. The molecule has 0 aromatic heterocycles. The van der Waals surface area contributed by atoms with E-state index in [1.165, 1.54) is 9.87 Å². The molecule has 1 N–H and O–H groups in total. The maximum atomic E-state index is 12.8. The number of piperazine rings is 1. The van der Waals surface area contributed by atoms with Crippen LogP contribution in [0.2, 0.25) is 0 Å². The average Bonchev–Trinajstić information content (AvgIpc) is 2.69. The highest BCUT2D eigenvalue weighted by Crippen LogP contribution is 2.20. The van der Waals surface area contributed by atoms with Crippen molar-refractivity contribution in [1.82, 2.24) is 9.21 Å². The zero-order chi connectivity index (χ0) is 20.3. The molecular weight excluding hydrogens is 374 g/mol. The molecule has 2 aromatic carbocycles. The Morgan fingerprint density at radius 3 is 2.04 bits per heavy atom. The Morgan fingerprint density at radius 2 is 1.50 bits per heavy atom. The molecule has 0 bridgehead atoms. The predicted octanol–water partition coefficient (Wildman–Crippen LogP) is 3.00. The fourth-order valence-corrected chi connectivity index (χ4v) is 4.53. The number of rotatable bonds is 5. The summed E-state index contributed by atoms with van der Waals surface area (Å²) in [7, 11) is -1.52. The third-order valence-electron chi connectivity index (χ3n) is 5.05. The van der Waals surface area contributed by atoms with Crippen molar-refractivity contribution < 1.29 is 13.2 Å². The minimum atomic E-state index is -3.50. The third kappa shape index (κ3) is 4.60. The van der Waals surface area contributed by atoms with Crippen molar-refractivity contribution in [2.24, 2.45) is 0 Å². The van der Waals surface area contributed by atoms with Crippen molar-refractivity contribution >= 4 is 21.6 Å². The molecule has 28 heavy (non-hydrogen) atoms. The van der Waals surface area contributed by atoms with Gasteiger partial charge in [-0.15, -0.1) is 0 Å². The maximum Gasteiger partial charge on any atom is 0.255 e. The molecule has 0 saturated carbocycles. The minimum absolute atomic E-state index is 0.218. The summed E-state index contributed by atoms with van der Waals surface area (Å²) >= 11 is 0. The molecule has 0 radical (unpaired) electrons. The van der Waals surface area contributed by atoms with Crippen LogP contribution in [-0.2, 0) is 10.0 Å². The molecule has 1 aliphatic heterocycles. The lowest BCUT2D eigenvalue weighted by Crippen LogP contribution is -2.46. The monoisotopic (exact) mass is 401 g/mol. The first kappa shape index (κ1) is 20.5. The second kappa shape index (κ2) is 8.43. The van der Waals surface area contributed by atoms with Crippen molar-refractivity contribution in [2.45, 2.75) is 24.7 Å². The summed E-state index contributed by atoms with van der Waals surface area (Å²) in [5, 5.41) is 2.82. The van der Waals surface area contributed by atoms with Crippen LogP contribution in [0, 0.1) is 0 Å². The summed E-state index contributed by atoms with van der Waals surface area (Å²) in [6.07, 6.45) is 0. The number of benzene rings is 2. The smallest absolute Gasteiger partial charge is 0.255 e. The summed E-state index contributed by atoms with van der Waals surface area (Å²) in [4.78, 5) is 14.8. The SMILES string of the molecule is CC(C)c1ccc(C(=O)Nc2ccc(S(=O)(=O)N3CCN(C)CC3)cc2)cc1. The molecule has 2 aromatic rings. The van der Waals surface area contributed by atoms with Gasteiger partial charge in [-0.2, -0.15) is 4.31 Å². The molecule has 1 saturated heterocycles. The number of carbonyl (C=O) groups excluding carboxylic acids is 1. The molecular formula is C21H27N3O3S. The van der Waals surface area contributed by atoms with Gasteiger partial charge in [0.05, 0.1) is 4.90 Å². The average molecular weight is 402 g/mol. The van der Waals surface area contributed by atoms with Crippen molar-refractivity contribution in [3.05, 3.63) is 59.7 Å². The number of carbonyl (C=O) groups is 1. The summed E-state index contributed by atoms with van der Waals surface area (Å²) in [5.41, 5.74) is 2.31. The minimum Gasteiger partial charge on any atom is -0.322 e. The van der Waals surface area contributed by atoms with E-state index in [9.17, 15) is 13.2 Å². The molecule has 0 aliphatic carbocycles. The maximum absolute atomic E-state index is 12.8. The van der Waals surface area contributed by atoms with Crippen LogP contribution in [0.1, 0.15) is 35.7 Å². The molecule has 1 amide bonds. The normalized spacial score (nSPS) is 16.3. The van der Waals surface area contributed by atoms with E-state index in [0.717, 1.165) is 13.1 Å². The van der Waals surface area contributed by atoms with Gasteiger partial charge >= 0.3 is 0 Å². The second-order valence-corrected chi connectivity index (χ2v) is 9.40. The lowest BCUT2D eigenvalue weighted by molar-refractivity contribution is 0.102. The zero-order valence-electron chi connectivity index (χ0n) is 16.6. The number of sulfonamides is 1. The van der Waals surface area contributed by atoms with Crippen LogP contribution in [0.3, 0.4) is 0 Å². The number of likely N-dealkylation sites (N-methyl/N-ethyl adjacent to an activating group) is 1. The first-order valence-electron chi connectivity index (χ1n) is 9.47. The molecule has 1 aliphatic rings. The highest BCUT2D eigenvalue weighted by atomic mass is 32.2. The van der Waals surface area contributed by atoms with Gasteiger partial charge in [-0.1, -0.05) is 26.0 Å². The Bertz CT molecular complexity index is 914. The topological polar surface area (TPSA) is 69.7 Å². The standard InChI is InChI=1S/C21H27N3O3S/c1-16(2)17-4-6-18(7-5-17)21(25)22-19-8-10-20(11-9-19)28(26,27)24-14-12-23(3)13-15-24/h4-11,16H,12-15H2,1-3H3,(H,22,25). The molecule has 150 valence electrons. The van der Waals surface area contributed by atoms with Crippen LogP contribution < -0.4 is 5.32 Å². The predicted molar refractivity (Wildman–Crippen MR) is 111 cm³/mol. The Balaban J connectivity index is 1.67. The van der Waals surface area contributed by atoms with Crippen LogP contribution in [0.4, 0.5) is 5.69 Å². The molecule has 0 spiro atoms. The van der Waals surface area contributed by atoms with E-state index in [-0.39, 0.29) is 10.8 Å². The van der Waals surface area contributed by atoms with Crippen LogP contribution in [-0.4, -0.2) is 56.8 Å². The van der Waals surface area contributed by atoms with E-state index >= 15 is 0 Å². The Hall–Kier alpha value is -2.22. The lowest BCUT2D eigenvalue weighted by atomic mass is 10.0. The molecule has 1 heterocycles. The molecule has 7 heteroatoms. The van der Waals surface area contributed by atoms with Crippen molar-refractivity contribution in [2.75, 3.05) is 38.5 Å². The van der Waals surface area contributed by atoms with E-state index in [2.05, 4.69) is 24.1 Å². The van der Waals surface area contributed by atoms with E-state index < -0.39 is 10.0 Å². The van der Waals surface area contributed by atoms with E-state index in [1.54, 1.807) is 36.4 Å². The number of hydrogen-bond donors (Lipinski definition) is 1. The molecule has 1 fully saturated rings. The summed E-state index contributed by atoms with van der Waals surface area (Å²) < 4.78 is 27.0. The van der Waals surface area contributed by atoms with Gasteiger partial charge in [0.1, 0.15) is 0 Å². The van der Waals surface area contributed by atoms with Crippen LogP contribution >= 0.6 is 0 Å². The van der Waals surface area contributed by atoms with Crippen LogP contribution in [0.15, 0.2) is 53.4 Å². The molecule has 0 unspecified atom stereocenters. The number of nitrogens with one attached hydrogen (secondary N) is 1. The van der Waals surface area contributed by atoms with Gasteiger partial charge in [-0.25, -0.2) is 8.42 Å². The van der Waals surface area contributed by atoms with Crippen molar-refractivity contribution in [3.63, 3.8) is 0 Å².